The number of hydrogen-bond acceptors (Lipinski definition) is 2. The van der Waals surface area contributed by atoms with Crippen LogP contribution in [0.25, 0.3) is 0 Å². The highest BCUT2D eigenvalue weighted by Crippen LogP contribution is 2.16. The number of hydrogen-bond donors (Lipinski definition) is 1. The van der Waals surface area contributed by atoms with Crippen LogP contribution in [0.3, 0.4) is 0 Å². The van der Waals surface area contributed by atoms with E-state index in [0.717, 1.165) is 37.2 Å². The van der Waals surface area contributed by atoms with Gasteiger partial charge in [-0.05, 0) is 56.8 Å². The maximum Gasteiger partial charge on any atom is 0.254 e. The van der Waals surface area contributed by atoms with Crippen LogP contribution in [0.1, 0.15) is 47.7 Å². The molecule has 0 bridgehead atoms. The highest BCUT2D eigenvalue weighted by atomic mass is 16.2. The summed E-state index contributed by atoms with van der Waals surface area (Å²) in [6.07, 6.45) is 3.41. The Morgan fingerprint density at radius 3 is 2.85 bits per heavy atom. The van der Waals surface area contributed by atoms with Gasteiger partial charge >= 0.3 is 0 Å². The van der Waals surface area contributed by atoms with Crippen LogP contribution in [0.5, 0.6) is 0 Å². The number of carbonyl (C=O) groups excluding carboxylic acids is 1. The molecule has 1 aromatic rings. The average molecular weight is 274 g/mol. The number of rotatable bonds is 5. The van der Waals surface area contributed by atoms with Gasteiger partial charge < -0.3 is 10.2 Å². The first-order valence-corrected chi connectivity index (χ1v) is 7.72. The minimum absolute atomic E-state index is 0.182. The monoisotopic (exact) mass is 274 g/mol. The van der Waals surface area contributed by atoms with Crippen LogP contribution in [0, 0.1) is 13.8 Å². The summed E-state index contributed by atoms with van der Waals surface area (Å²) in [4.78, 5) is 14.8. The first kappa shape index (κ1) is 15.0. The first-order chi connectivity index (χ1) is 9.63. The smallest absolute Gasteiger partial charge is 0.254 e. The predicted octanol–water partition coefficient (Wildman–Crippen LogP) is 2.91. The topological polar surface area (TPSA) is 32.3 Å². The van der Waals surface area contributed by atoms with Crippen LogP contribution in [0.15, 0.2) is 18.2 Å². The number of carbonyl (C=O) groups is 1. The lowest BCUT2D eigenvalue weighted by molar-refractivity contribution is 0.0741. The van der Waals surface area contributed by atoms with Gasteiger partial charge in [0.2, 0.25) is 0 Å². The number of nitrogens with one attached hydrogen (secondary N) is 1. The second-order valence-electron chi connectivity index (χ2n) is 5.79. The molecule has 110 valence electrons. The second kappa shape index (κ2) is 6.89. The Hall–Kier alpha value is -1.35. The van der Waals surface area contributed by atoms with E-state index in [2.05, 4.69) is 25.2 Å². The molecule has 0 aromatic heterocycles. The van der Waals surface area contributed by atoms with Crippen LogP contribution in [0.4, 0.5) is 0 Å². The molecule has 3 nitrogen and oxygen atoms in total. The number of benzene rings is 1. The third kappa shape index (κ3) is 3.40. The zero-order valence-corrected chi connectivity index (χ0v) is 12.9. The van der Waals surface area contributed by atoms with Crippen molar-refractivity contribution in [3.63, 3.8) is 0 Å². The molecule has 1 aliphatic rings. The Morgan fingerprint density at radius 1 is 1.40 bits per heavy atom. The molecule has 20 heavy (non-hydrogen) atoms. The fraction of sp³-hybridized carbons (Fsp3) is 0.588. The summed E-state index contributed by atoms with van der Waals surface area (Å²) >= 11 is 0. The quantitative estimate of drug-likeness (QED) is 0.895. The molecule has 1 aromatic carbocycles. The van der Waals surface area contributed by atoms with E-state index in [9.17, 15) is 4.79 Å². The van der Waals surface area contributed by atoms with E-state index in [1.807, 2.05) is 24.0 Å². The van der Waals surface area contributed by atoms with Gasteiger partial charge in [0.25, 0.3) is 5.91 Å². The molecule has 1 heterocycles. The summed E-state index contributed by atoms with van der Waals surface area (Å²) in [6, 6.07) is 6.47. The Bertz CT molecular complexity index is 464. The second-order valence-corrected chi connectivity index (χ2v) is 5.79. The standard InChI is InChI=1S/C17H26N2O/c1-4-11-19(12-15-8-6-10-18-15)17(20)16-9-5-7-13(2)14(16)3/h5,7,9,15,18H,4,6,8,10-12H2,1-3H3. The summed E-state index contributed by atoms with van der Waals surface area (Å²) in [5, 5.41) is 3.48. The molecule has 0 aliphatic carbocycles. The predicted molar refractivity (Wildman–Crippen MR) is 83.1 cm³/mol. The third-order valence-electron chi connectivity index (χ3n) is 4.22. The van der Waals surface area contributed by atoms with E-state index < -0.39 is 0 Å². The number of aryl methyl sites for hydroxylation is 1. The molecular weight excluding hydrogens is 248 g/mol. The largest absolute Gasteiger partial charge is 0.337 e. The van der Waals surface area contributed by atoms with Crippen LogP contribution >= 0.6 is 0 Å². The maximum atomic E-state index is 12.8. The van der Waals surface area contributed by atoms with E-state index in [0.29, 0.717) is 6.04 Å². The van der Waals surface area contributed by atoms with Crippen LogP contribution in [-0.4, -0.2) is 36.5 Å². The van der Waals surface area contributed by atoms with Crippen LogP contribution in [0.2, 0.25) is 0 Å². The van der Waals surface area contributed by atoms with Gasteiger partial charge in [-0.25, -0.2) is 0 Å². The summed E-state index contributed by atoms with van der Waals surface area (Å²) in [7, 11) is 0. The summed E-state index contributed by atoms with van der Waals surface area (Å²) in [5.41, 5.74) is 3.15. The Kier molecular flexibility index (Phi) is 5.18. The van der Waals surface area contributed by atoms with Gasteiger partial charge in [-0.2, -0.15) is 0 Å². The average Bonchev–Trinajstić information content (AvgIpc) is 2.94. The van der Waals surface area contributed by atoms with Gasteiger partial charge in [0.15, 0.2) is 0 Å². The molecule has 1 aliphatic heterocycles. The van der Waals surface area contributed by atoms with Crippen molar-refractivity contribution >= 4 is 5.91 Å². The van der Waals surface area contributed by atoms with Crippen LogP contribution in [-0.2, 0) is 0 Å². The molecule has 0 saturated carbocycles. The van der Waals surface area contributed by atoms with Crippen molar-refractivity contribution in [2.24, 2.45) is 0 Å². The fourth-order valence-corrected chi connectivity index (χ4v) is 2.88. The first-order valence-electron chi connectivity index (χ1n) is 7.72. The van der Waals surface area contributed by atoms with Gasteiger partial charge in [-0.3, -0.25) is 4.79 Å². The fourth-order valence-electron chi connectivity index (χ4n) is 2.88. The van der Waals surface area contributed by atoms with Crippen molar-refractivity contribution in [3.05, 3.63) is 34.9 Å². The lowest BCUT2D eigenvalue weighted by Gasteiger charge is -2.26. The lowest BCUT2D eigenvalue weighted by Crippen LogP contribution is -2.41. The van der Waals surface area contributed by atoms with Crippen molar-refractivity contribution in [2.45, 2.75) is 46.1 Å². The van der Waals surface area contributed by atoms with Gasteiger partial charge in [-0.15, -0.1) is 0 Å². The molecule has 1 saturated heterocycles. The molecule has 1 amide bonds. The Morgan fingerprint density at radius 2 is 2.20 bits per heavy atom. The summed E-state index contributed by atoms with van der Waals surface area (Å²) in [5.74, 6) is 0.182. The summed E-state index contributed by atoms with van der Waals surface area (Å²) in [6.45, 7) is 8.99. The number of nitrogens with zero attached hydrogens (tertiary/aromatic N) is 1. The zero-order chi connectivity index (χ0) is 14.5. The normalized spacial score (nSPS) is 18.2. The molecule has 1 unspecified atom stereocenters. The minimum atomic E-state index is 0.182. The van der Waals surface area contributed by atoms with E-state index >= 15 is 0 Å². The third-order valence-corrected chi connectivity index (χ3v) is 4.22. The maximum absolute atomic E-state index is 12.8. The highest BCUT2D eigenvalue weighted by molar-refractivity contribution is 5.96. The van der Waals surface area contributed by atoms with E-state index in [1.54, 1.807) is 0 Å². The Labute approximate surface area is 122 Å². The number of amides is 1. The Balaban J connectivity index is 2.14. The van der Waals surface area contributed by atoms with Crippen molar-refractivity contribution in [1.82, 2.24) is 10.2 Å². The van der Waals surface area contributed by atoms with Gasteiger partial charge in [-0.1, -0.05) is 19.1 Å². The van der Waals surface area contributed by atoms with Crippen molar-refractivity contribution in [1.29, 1.82) is 0 Å². The molecule has 3 heteroatoms. The van der Waals surface area contributed by atoms with Gasteiger partial charge in [0.05, 0.1) is 0 Å². The molecule has 1 fully saturated rings. The van der Waals surface area contributed by atoms with E-state index in [1.165, 1.54) is 18.4 Å². The SMILES string of the molecule is CCCN(CC1CCCN1)C(=O)c1cccc(C)c1C. The van der Waals surface area contributed by atoms with Crippen molar-refractivity contribution in [2.75, 3.05) is 19.6 Å². The molecule has 0 spiro atoms. The highest BCUT2D eigenvalue weighted by Gasteiger charge is 2.22. The van der Waals surface area contributed by atoms with Gasteiger partial charge in [0, 0.05) is 24.7 Å². The summed E-state index contributed by atoms with van der Waals surface area (Å²) < 4.78 is 0. The van der Waals surface area contributed by atoms with E-state index in [4.69, 9.17) is 0 Å². The molecular formula is C17H26N2O. The van der Waals surface area contributed by atoms with Crippen LogP contribution < -0.4 is 5.32 Å². The van der Waals surface area contributed by atoms with E-state index in [-0.39, 0.29) is 5.91 Å². The van der Waals surface area contributed by atoms with Crippen molar-refractivity contribution < 1.29 is 4.79 Å². The molecule has 2 rings (SSSR count). The molecule has 1 N–H and O–H groups in total. The minimum Gasteiger partial charge on any atom is -0.337 e. The molecule has 1 atom stereocenters. The van der Waals surface area contributed by atoms with Crippen molar-refractivity contribution in [3.8, 4) is 0 Å². The van der Waals surface area contributed by atoms with Gasteiger partial charge in [0.1, 0.15) is 0 Å². The molecule has 0 radical (unpaired) electrons. The zero-order valence-electron chi connectivity index (χ0n) is 12.9. The lowest BCUT2D eigenvalue weighted by atomic mass is 10.0.